The minimum atomic E-state index is -0.866. The fourth-order valence-corrected chi connectivity index (χ4v) is 8.19. The van der Waals surface area contributed by atoms with Crippen molar-refractivity contribution >= 4 is 7.26 Å². The van der Waals surface area contributed by atoms with Crippen molar-refractivity contribution in [1.29, 1.82) is 0 Å². The highest BCUT2D eigenvalue weighted by molar-refractivity contribution is 7.75. The third-order valence-corrected chi connectivity index (χ3v) is 10.9. The highest BCUT2D eigenvalue weighted by Gasteiger charge is 2.33. The van der Waals surface area contributed by atoms with Gasteiger partial charge in [-0.25, -0.2) is 0 Å². The largest absolute Gasteiger partial charge is 0.299 e. The van der Waals surface area contributed by atoms with Gasteiger partial charge in [0.25, 0.3) is 0 Å². The van der Waals surface area contributed by atoms with Crippen LogP contribution in [0.2, 0.25) is 0 Å². The second-order valence-corrected chi connectivity index (χ2v) is 13.4. The van der Waals surface area contributed by atoms with E-state index >= 15 is 0 Å². The first-order valence-corrected chi connectivity index (χ1v) is 15.3. The van der Waals surface area contributed by atoms with Gasteiger partial charge in [0.1, 0.15) is 6.29 Å². The molecule has 0 fully saturated rings. The van der Waals surface area contributed by atoms with Crippen LogP contribution in [0, 0.1) is 0 Å². The summed E-state index contributed by atoms with van der Waals surface area (Å²) in [4.78, 5) is 0. The maximum Gasteiger partial charge on any atom is 0.106 e. The van der Waals surface area contributed by atoms with Crippen molar-refractivity contribution in [2.45, 2.75) is 136 Å². The minimum absolute atomic E-state index is 0.866. The van der Waals surface area contributed by atoms with Crippen LogP contribution >= 0.6 is 7.26 Å². The summed E-state index contributed by atoms with van der Waals surface area (Å²) in [5, 5.41) is 0. The van der Waals surface area contributed by atoms with Crippen molar-refractivity contribution in [3.05, 3.63) is 0 Å². The Kier molecular flexibility index (Phi) is 21.4. The molecule has 0 radical (unpaired) electrons. The maximum absolute atomic E-state index is 6.44. The van der Waals surface area contributed by atoms with E-state index in [0.717, 1.165) is 6.29 Å². The third-order valence-electron chi connectivity index (χ3n) is 6.35. The van der Waals surface area contributed by atoms with Crippen molar-refractivity contribution in [3.63, 3.8) is 0 Å². The first-order chi connectivity index (χ1) is 13.2. The standard InChI is InChI=1S/C25H55NP/c1-4-7-10-13-16-19-22-27(25-26,23-20-17-14-11-8-5-2)24-21-18-15-12-9-6-3/h4-26H2,1-3H3/q+1. The molecule has 0 rings (SSSR count). The Labute approximate surface area is 174 Å². The van der Waals surface area contributed by atoms with Gasteiger partial charge >= 0.3 is 0 Å². The number of rotatable bonds is 22. The fourth-order valence-electron chi connectivity index (χ4n) is 4.29. The van der Waals surface area contributed by atoms with Crippen LogP contribution in [0.5, 0.6) is 0 Å². The van der Waals surface area contributed by atoms with Crippen LogP contribution < -0.4 is 5.73 Å². The summed E-state index contributed by atoms with van der Waals surface area (Å²) in [5.74, 6) is 0. The minimum Gasteiger partial charge on any atom is -0.299 e. The normalized spacial score (nSPS) is 12.0. The molecule has 0 saturated carbocycles. The summed E-state index contributed by atoms with van der Waals surface area (Å²) in [6, 6.07) is 0. The van der Waals surface area contributed by atoms with Gasteiger partial charge in [-0.05, 0) is 38.5 Å². The molecule has 0 aliphatic carbocycles. The van der Waals surface area contributed by atoms with E-state index in [1.54, 1.807) is 0 Å². The monoisotopic (exact) mass is 400 g/mol. The molecule has 0 bridgehead atoms. The molecule has 0 atom stereocenters. The quantitative estimate of drug-likeness (QED) is 0.142. The average molecular weight is 401 g/mol. The van der Waals surface area contributed by atoms with E-state index in [1.807, 2.05) is 0 Å². The topological polar surface area (TPSA) is 26.0 Å². The number of hydrogen-bond donors (Lipinski definition) is 1. The number of hydrogen-bond acceptors (Lipinski definition) is 1. The molecule has 164 valence electrons. The first kappa shape index (κ1) is 27.4. The number of nitrogens with two attached hydrogens (primary N) is 1. The van der Waals surface area contributed by atoms with Gasteiger partial charge in [-0.2, -0.15) is 0 Å². The SMILES string of the molecule is CCCCCCCC[P+](CN)(CCCCCCCC)CCCCCCCC. The molecule has 2 heteroatoms. The third kappa shape index (κ3) is 17.0. The molecule has 0 saturated heterocycles. The molecule has 0 amide bonds. The highest BCUT2D eigenvalue weighted by Crippen LogP contribution is 2.59. The molecule has 0 heterocycles. The molecule has 1 nitrogen and oxygen atoms in total. The van der Waals surface area contributed by atoms with E-state index in [9.17, 15) is 0 Å². The molecule has 2 N–H and O–H groups in total. The van der Waals surface area contributed by atoms with Gasteiger partial charge in [0, 0.05) is 7.26 Å². The Bertz CT molecular complexity index is 239. The van der Waals surface area contributed by atoms with Gasteiger partial charge < -0.3 is 0 Å². The van der Waals surface area contributed by atoms with E-state index in [1.165, 1.54) is 134 Å². The summed E-state index contributed by atoms with van der Waals surface area (Å²) < 4.78 is 0. The average Bonchev–Trinajstić information content (AvgIpc) is 2.69. The molecule has 0 aromatic rings. The van der Waals surface area contributed by atoms with Crippen molar-refractivity contribution in [2.24, 2.45) is 5.73 Å². The highest BCUT2D eigenvalue weighted by atomic mass is 31.2. The molecule has 0 aliphatic heterocycles. The predicted octanol–water partition coefficient (Wildman–Crippen LogP) is 9.00. The fraction of sp³-hybridized carbons (Fsp3) is 1.00. The number of unbranched alkanes of at least 4 members (excludes halogenated alkanes) is 15. The zero-order valence-corrected chi connectivity index (χ0v) is 20.5. The predicted molar refractivity (Wildman–Crippen MR) is 131 cm³/mol. The zero-order valence-electron chi connectivity index (χ0n) is 19.6. The lowest BCUT2D eigenvalue weighted by Crippen LogP contribution is -2.18. The van der Waals surface area contributed by atoms with Crippen LogP contribution in [0.25, 0.3) is 0 Å². The van der Waals surface area contributed by atoms with Gasteiger partial charge in [-0.1, -0.05) is 97.8 Å². The second-order valence-electron chi connectivity index (χ2n) is 9.00. The van der Waals surface area contributed by atoms with E-state index in [0.29, 0.717) is 0 Å². The molecular weight excluding hydrogens is 345 g/mol. The van der Waals surface area contributed by atoms with Crippen LogP contribution in [0.15, 0.2) is 0 Å². The van der Waals surface area contributed by atoms with Gasteiger partial charge in [0.2, 0.25) is 0 Å². The van der Waals surface area contributed by atoms with E-state index in [-0.39, 0.29) is 0 Å². The van der Waals surface area contributed by atoms with Crippen LogP contribution in [0.1, 0.15) is 136 Å². The smallest absolute Gasteiger partial charge is 0.106 e. The Morgan fingerprint density at radius 1 is 0.407 bits per heavy atom. The molecular formula is C25H55NP+. The second kappa shape index (κ2) is 21.1. The van der Waals surface area contributed by atoms with E-state index < -0.39 is 7.26 Å². The van der Waals surface area contributed by atoms with Crippen molar-refractivity contribution < 1.29 is 0 Å². The molecule has 0 aliphatic rings. The molecule has 0 spiro atoms. The Morgan fingerprint density at radius 2 is 0.667 bits per heavy atom. The summed E-state index contributed by atoms with van der Waals surface area (Å²) in [7, 11) is -0.866. The van der Waals surface area contributed by atoms with Crippen molar-refractivity contribution in [3.8, 4) is 0 Å². The van der Waals surface area contributed by atoms with Crippen LogP contribution in [-0.2, 0) is 0 Å². The van der Waals surface area contributed by atoms with Crippen LogP contribution in [0.3, 0.4) is 0 Å². The maximum atomic E-state index is 6.44. The summed E-state index contributed by atoms with van der Waals surface area (Å²) in [6.07, 6.45) is 31.3. The lowest BCUT2D eigenvalue weighted by molar-refractivity contribution is 0.615. The first-order valence-electron chi connectivity index (χ1n) is 12.8. The van der Waals surface area contributed by atoms with Crippen LogP contribution in [0.4, 0.5) is 0 Å². The van der Waals surface area contributed by atoms with Crippen molar-refractivity contribution in [1.82, 2.24) is 0 Å². The van der Waals surface area contributed by atoms with E-state index in [2.05, 4.69) is 20.8 Å². The Balaban J connectivity index is 4.23. The summed E-state index contributed by atoms with van der Waals surface area (Å²) >= 11 is 0. The zero-order chi connectivity index (χ0) is 20.1. The van der Waals surface area contributed by atoms with Gasteiger partial charge in [0.15, 0.2) is 0 Å². The summed E-state index contributed by atoms with van der Waals surface area (Å²) in [6.45, 7) is 6.93. The molecule has 0 aromatic carbocycles. The van der Waals surface area contributed by atoms with Crippen LogP contribution in [-0.4, -0.2) is 24.8 Å². The lowest BCUT2D eigenvalue weighted by atomic mass is 10.1. The van der Waals surface area contributed by atoms with E-state index in [4.69, 9.17) is 5.73 Å². The van der Waals surface area contributed by atoms with Gasteiger partial charge in [0.05, 0.1) is 18.5 Å². The molecule has 0 aromatic heterocycles. The van der Waals surface area contributed by atoms with Gasteiger partial charge in [-0.15, -0.1) is 0 Å². The lowest BCUT2D eigenvalue weighted by Gasteiger charge is -2.26. The Morgan fingerprint density at radius 3 is 0.926 bits per heavy atom. The Hall–Kier alpha value is 0.390. The van der Waals surface area contributed by atoms with Gasteiger partial charge in [-0.3, -0.25) is 5.73 Å². The molecule has 27 heavy (non-hydrogen) atoms. The molecule has 0 unspecified atom stereocenters. The summed E-state index contributed by atoms with van der Waals surface area (Å²) in [5.41, 5.74) is 6.44. The van der Waals surface area contributed by atoms with Crippen molar-refractivity contribution in [2.75, 3.05) is 24.8 Å².